The minimum Gasteiger partial charge on any atom is -0.497 e. The van der Waals surface area contributed by atoms with Gasteiger partial charge in [-0.15, -0.1) is 0 Å². The van der Waals surface area contributed by atoms with Crippen molar-refractivity contribution in [1.29, 1.82) is 0 Å². The van der Waals surface area contributed by atoms with E-state index in [9.17, 15) is 10.1 Å². The summed E-state index contributed by atoms with van der Waals surface area (Å²) in [6.07, 6.45) is 3.70. The number of ether oxygens (including phenoxy) is 1. The first-order valence-electron chi connectivity index (χ1n) is 8.39. The normalized spacial score (nSPS) is 15.7. The Kier molecular flexibility index (Phi) is 5.45. The van der Waals surface area contributed by atoms with Crippen LogP contribution in [-0.2, 0) is 0 Å². The number of aromatic nitrogens is 1. The fourth-order valence-corrected chi connectivity index (χ4v) is 3.14. The van der Waals surface area contributed by atoms with Gasteiger partial charge < -0.3 is 10.1 Å². The van der Waals surface area contributed by atoms with Crippen molar-refractivity contribution in [3.63, 3.8) is 0 Å². The third-order valence-corrected chi connectivity index (χ3v) is 4.52. The molecule has 1 saturated heterocycles. The van der Waals surface area contributed by atoms with Gasteiger partial charge in [-0.25, -0.2) is 4.98 Å². The van der Waals surface area contributed by atoms with Crippen molar-refractivity contribution in [2.75, 3.05) is 32.1 Å². The molecule has 0 radical (unpaired) electrons. The number of nitro groups is 1. The van der Waals surface area contributed by atoms with Crippen LogP contribution < -0.4 is 10.1 Å². The quantitative estimate of drug-likeness (QED) is 0.614. The molecule has 1 fully saturated rings. The molecule has 25 heavy (non-hydrogen) atoms. The van der Waals surface area contributed by atoms with Gasteiger partial charge in [-0.3, -0.25) is 15.0 Å². The average molecular weight is 342 g/mol. The summed E-state index contributed by atoms with van der Waals surface area (Å²) in [7, 11) is 1.66. The maximum absolute atomic E-state index is 10.7. The van der Waals surface area contributed by atoms with Gasteiger partial charge >= 0.3 is 0 Å². The monoisotopic (exact) mass is 342 g/mol. The molecule has 0 spiro atoms. The molecule has 0 amide bonds. The highest BCUT2D eigenvalue weighted by Gasteiger charge is 2.23. The zero-order chi connectivity index (χ0) is 17.6. The van der Waals surface area contributed by atoms with Crippen molar-refractivity contribution >= 4 is 11.5 Å². The summed E-state index contributed by atoms with van der Waals surface area (Å²) in [5.74, 6) is 1.48. The second-order valence-corrected chi connectivity index (χ2v) is 6.07. The molecule has 2 aromatic rings. The Labute approximate surface area is 146 Å². The SMILES string of the molecule is COc1ccc([C@@H](CNc2ccc([N+](=O)[O-])cn2)N2CCCC2)cc1. The number of nitrogens with one attached hydrogen (secondary N) is 1. The van der Waals surface area contributed by atoms with Gasteiger partial charge in [-0.05, 0) is 49.7 Å². The lowest BCUT2D eigenvalue weighted by Crippen LogP contribution is -2.31. The zero-order valence-electron chi connectivity index (χ0n) is 14.2. The van der Waals surface area contributed by atoms with Crippen molar-refractivity contribution in [2.45, 2.75) is 18.9 Å². The summed E-state index contributed by atoms with van der Waals surface area (Å²) in [5, 5.41) is 14.0. The number of likely N-dealkylation sites (tertiary alicyclic amines) is 1. The second kappa shape index (κ2) is 7.94. The Morgan fingerprint density at radius 3 is 2.52 bits per heavy atom. The van der Waals surface area contributed by atoms with Crippen LogP contribution in [0.5, 0.6) is 5.75 Å². The van der Waals surface area contributed by atoms with Crippen molar-refractivity contribution in [3.05, 3.63) is 58.3 Å². The molecule has 1 N–H and O–H groups in total. The topological polar surface area (TPSA) is 80.5 Å². The lowest BCUT2D eigenvalue weighted by atomic mass is 10.1. The van der Waals surface area contributed by atoms with Crippen LogP contribution in [0.3, 0.4) is 0 Å². The zero-order valence-corrected chi connectivity index (χ0v) is 14.2. The number of pyridine rings is 1. The van der Waals surface area contributed by atoms with Gasteiger partial charge in [-0.1, -0.05) is 12.1 Å². The van der Waals surface area contributed by atoms with Gasteiger partial charge in [0.15, 0.2) is 0 Å². The number of anilines is 1. The summed E-state index contributed by atoms with van der Waals surface area (Å²) >= 11 is 0. The molecule has 7 heteroatoms. The molecule has 1 aliphatic heterocycles. The summed E-state index contributed by atoms with van der Waals surface area (Å²) in [6.45, 7) is 2.84. The predicted octanol–water partition coefficient (Wildman–Crippen LogP) is 3.25. The average Bonchev–Trinajstić information content (AvgIpc) is 3.17. The molecule has 2 heterocycles. The first kappa shape index (κ1) is 17.2. The van der Waals surface area contributed by atoms with Crippen molar-refractivity contribution in [1.82, 2.24) is 9.88 Å². The number of hydrogen-bond donors (Lipinski definition) is 1. The maximum Gasteiger partial charge on any atom is 0.287 e. The lowest BCUT2D eigenvalue weighted by Gasteiger charge is -2.28. The predicted molar refractivity (Wildman–Crippen MR) is 95.9 cm³/mol. The molecular formula is C18H22N4O3. The lowest BCUT2D eigenvalue weighted by molar-refractivity contribution is -0.385. The molecule has 0 unspecified atom stereocenters. The largest absolute Gasteiger partial charge is 0.497 e. The molecule has 1 aromatic carbocycles. The van der Waals surface area contributed by atoms with Crippen molar-refractivity contribution in [3.8, 4) is 5.75 Å². The van der Waals surface area contributed by atoms with E-state index in [4.69, 9.17) is 4.74 Å². The Morgan fingerprint density at radius 2 is 1.96 bits per heavy atom. The van der Waals surface area contributed by atoms with E-state index in [-0.39, 0.29) is 11.7 Å². The number of rotatable bonds is 7. The molecular weight excluding hydrogens is 320 g/mol. The van der Waals surface area contributed by atoms with Gasteiger partial charge in [-0.2, -0.15) is 0 Å². The molecule has 7 nitrogen and oxygen atoms in total. The number of hydrogen-bond acceptors (Lipinski definition) is 6. The Balaban J connectivity index is 1.71. The number of benzene rings is 1. The first-order valence-corrected chi connectivity index (χ1v) is 8.39. The van der Waals surface area contributed by atoms with Crippen LogP contribution in [0.15, 0.2) is 42.6 Å². The van der Waals surface area contributed by atoms with Crippen LogP contribution in [0.4, 0.5) is 11.5 Å². The highest BCUT2D eigenvalue weighted by atomic mass is 16.6. The molecule has 1 aliphatic rings. The fraction of sp³-hybridized carbons (Fsp3) is 0.389. The van der Waals surface area contributed by atoms with E-state index in [2.05, 4.69) is 27.3 Å². The Hall–Kier alpha value is -2.67. The molecule has 1 aromatic heterocycles. The van der Waals surface area contributed by atoms with Crippen LogP contribution >= 0.6 is 0 Å². The third-order valence-electron chi connectivity index (χ3n) is 4.52. The van der Waals surface area contributed by atoms with E-state index in [1.807, 2.05) is 12.1 Å². The van der Waals surface area contributed by atoms with Crippen LogP contribution in [0, 0.1) is 10.1 Å². The van der Waals surface area contributed by atoms with E-state index in [1.165, 1.54) is 30.7 Å². The van der Waals surface area contributed by atoms with Crippen LogP contribution in [0.2, 0.25) is 0 Å². The highest BCUT2D eigenvalue weighted by molar-refractivity contribution is 5.41. The van der Waals surface area contributed by atoms with Crippen LogP contribution in [0.25, 0.3) is 0 Å². The van der Waals surface area contributed by atoms with Gasteiger partial charge in [0.05, 0.1) is 18.1 Å². The highest BCUT2D eigenvalue weighted by Crippen LogP contribution is 2.27. The van der Waals surface area contributed by atoms with Crippen LogP contribution in [0.1, 0.15) is 24.4 Å². The standard InChI is InChI=1S/C18H22N4O3/c1-25-16-7-4-14(5-8-16)17(21-10-2-3-11-21)13-20-18-9-6-15(12-19-18)22(23)24/h4-9,12,17H,2-3,10-11,13H2,1H3,(H,19,20)/t17-/m1/s1. The molecule has 0 bridgehead atoms. The van der Waals surface area contributed by atoms with Gasteiger partial charge in [0.25, 0.3) is 5.69 Å². The van der Waals surface area contributed by atoms with E-state index in [1.54, 1.807) is 13.2 Å². The third kappa shape index (κ3) is 4.24. The second-order valence-electron chi connectivity index (χ2n) is 6.07. The van der Waals surface area contributed by atoms with Gasteiger partial charge in [0.2, 0.25) is 0 Å². The molecule has 0 aliphatic carbocycles. The molecule has 132 valence electrons. The van der Waals surface area contributed by atoms with Crippen molar-refractivity contribution < 1.29 is 9.66 Å². The minimum atomic E-state index is -0.443. The van der Waals surface area contributed by atoms with Crippen molar-refractivity contribution in [2.24, 2.45) is 0 Å². The summed E-state index contributed by atoms with van der Waals surface area (Å²) in [5.41, 5.74) is 1.22. The van der Waals surface area contributed by atoms with E-state index >= 15 is 0 Å². The van der Waals surface area contributed by atoms with E-state index in [0.29, 0.717) is 12.4 Å². The molecule has 1 atom stereocenters. The summed E-state index contributed by atoms with van der Waals surface area (Å²) in [4.78, 5) is 16.9. The van der Waals surface area contributed by atoms with E-state index < -0.39 is 4.92 Å². The smallest absolute Gasteiger partial charge is 0.287 e. The number of methoxy groups -OCH3 is 1. The maximum atomic E-state index is 10.7. The molecule has 0 saturated carbocycles. The minimum absolute atomic E-state index is 0.00297. The number of nitrogens with zero attached hydrogens (tertiary/aromatic N) is 3. The van der Waals surface area contributed by atoms with Gasteiger partial charge in [0.1, 0.15) is 17.8 Å². The molecule has 3 rings (SSSR count). The van der Waals surface area contributed by atoms with Crippen LogP contribution in [-0.4, -0.2) is 41.6 Å². The Morgan fingerprint density at radius 1 is 1.24 bits per heavy atom. The van der Waals surface area contributed by atoms with Gasteiger partial charge in [0, 0.05) is 12.6 Å². The summed E-state index contributed by atoms with van der Waals surface area (Å²) in [6, 6.07) is 11.5. The Bertz CT molecular complexity index is 697. The summed E-state index contributed by atoms with van der Waals surface area (Å²) < 4.78 is 5.24. The fourth-order valence-electron chi connectivity index (χ4n) is 3.14. The first-order chi connectivity index (χ1) is 12.2. The van der Waals surface area contributed by atoms with E-state index in [0.717, 1.165) is 18.8 Å².